The van der Waals surface area contributed by atoms with E-state index in [-0.39, 0.29) is 24.7 Å². The fourth-order valence-electron chi connectivity index (χ4n) is 2.61. The molecule has 0 saturated carbocycles. The first kappa shape index (κ1) is 20.4. The van der Waals surface area contributed by atoms with Gasteiger partial charge in [0.1, 0.15) is 18.8 Å². The van der Waals surface area contributed by atoms with Crippen LogP contribution in [0.25, 0.3) is 0 Å². The molecular weight excluding hydrogens is 396 g/mol. The van der Waals surface area contributed by atoms with Crippen molar-refractivity contribution in [2.45, 2.75) is 18.1 Å². The average molecular weight is 414 g/mol. The Bertz CT molecular complexity index is 1090. The van der Waals surface area contributed by atoms with Gasteiger partial charge in [-0.3, -0.25) is 4.55 Å². The highest BCUT2D eigenvalue weighted by molar-refractivity contribution is 7.85. The fourth-order valence-corrected chi connectivity index (χ4v) is 3.13. The van der Waals surface area contributed by atoms with Gasteiger partial charge >= 0.3 is 5.97 Å². The Morgan fingerprint density at radius 2 is 1.34 bits per heavy atom. The number of ether oxygens (including phenoxy) is 2. The monoisotopic (exact) mass is 414 g/mol. The van der Waals surface area contributed by atoms with Crippen LogP contribution < -0.4 is 9.47 Å². The molecule has 0 saturated heterocycles. The van der Waals surface area contributed by atoms with E-state index in [9.17, 15) is 22.9 Å². The van der Waals surface area contributed by atoms with Crippen molar-refractivity contribution in [3.8, 4) is 11.5 Å². The summed E-state index contributed by atoms with van der Waals surface area (Å²) < 4.78 is 43.9. The highest BCUT2D eigenvalue weighted by atomic mass is 32.2. The van der Waals surface area contributed by atoms with E-state index in [1.54, 1.807) is 24.3 Å². The van der Waals surface area contributed by atoms with Gasteiger partial charge in [0.2, 0.25) is 0 Å². The lowest BCUT2D eigenvalue weighted by atomic mass is 10.1. The molecule has 0 atom stereocenters. The van der Waals surface area contributed by atoms with Gasteiger partial charge in [-0.2, -0.15) is 8.42 Å². The van der Waals surface area contributed by atoms with Crippen LogP contribution in [-0.2, 0) is 23.3 Å². The molecule has 8 heteroatoms. The molecule has 29 heavy (non-hydrogen) atoms. The minimum atomic E-state index is -4.65. The maximum Gasteiger partial charge on any atom is 0.339 e. The summed E-state index contributed by atoms with van der Waals surface area (Å²) in [5.41, 5.74) is 1.14. The Morgan fingerprint density at radius 1 is 0.828 bits per heavy atom. The second-order valence-electron chi connectivity index (χ2n) is 6.13. The Hall–Kier alpha value is -3.36. The standard InChI is InChI=1S/C21H18O7S/c22-21(23)18-11-17(29(24,25)26)12-19(27-13-15-7-3-1-4-8-15)20(18)28-14-16-9-5-2-6-10-16/h1-12H,13-14H2,(H,22,23)(H,24,25,26). The minimum Gasteiger partial charge on any atom is -0.485 e. The highest BCUT2D eigenvalue weighted by Gasteiger charge is 2.23. The third kappa shape index (κ3) is 5.34. The van der Waals surface area contributed by atoms with Gasteiger partial charge in [-0.1, -0.05) is 60.7 Å². The summed E-state index contributed by atoms with van der Waals surface area (Å²) in [5.74, 6) is -1.63. The molecule has 0 fully saturated rings. The van der Waals surface area contributed by atoms with Gasteiger partial charge in [0.15, 0.2) is 11.5 Å². The summed E-state index contributed by atoms with van der Waals surface area (Å²) in [4.78, 5) is 11.1. The number of carboxylic acids is 1. The van der Waals surface area contributed by atoms with Crippen molar-refractivity contribution in [1.82, 2.24) is 0 Å². The van der Waals surface area contributed by atoms with Crippen LogP contribution in [0.1, 0.15) is 21.5 Å². The fraction of sp³-hybridized carbons (Fsp3) is 0.0952. The second kappa shape index (κ2) is 8.76. The third-order valence-corrected chi connectivity index (χ3v) is 4.85. The summed E-state index contributed by atoms with van der Waals surface area (Å²) >= 11 is 0. The molecule has 0 aromatic heterocycles. The molecule has 0 aliphatic rings. The average Bonchev–Trinajstić information content (AvgIpc) is 2.71. The molecule has 2 N–H and O–H groups in total. The molecule has 150 valence electrons. The Labute approximate surface area is 167 Å². The molecule has 0 amide bonds. The topological polar surface area (TPSA) is 110 Å². The Morgan fingerprint density at radius 3 is 1.83 bits per heavy atom. The quantitative estimate of drug-likeness (QED) is 0.540. The zero-order valence-electron chi connectivity index (χ0n) is 15.2. The molecule has 3 aromatic carbocycles. The van der Waals surface area contributed by atoms with E-state index in [2.05, 4.69) is 0 Å². The van der Waals surface area contributed by atoms with E-state index >= 15 is 0 Å². The summed E-state index contributed by atoms with van der Waals surface area (Å²) in [6.07, 6.45) is 0. The molecular formula is C21H18O7S. The largest absolute Gasteiger partial charge is 0.485 e. The molecule has 0 bridgehead atoms. The van der Waals surface area contributed by atoms with E-state index in [1.165, 1.54) is 0 Å². The van der Waals surface area contributed by atoms with Crippen molar-refractivity contribution >= 4 is 16.1 Å². The van der Waals surface area contributed by atoms with Crippen LogP contribution in [0.3, 0.4) is 0 Å². The molecule has 0 unspecified atom stereocenters. The molecule has 0 aliphatic heterocycles. The molecule has 0 spiro atoms. The van der Waals surface area contributed by atoms with E-state index in [1.807, 2.05) is 36.4 Å². The summed E-state index contributed by atoms with van der Waals surface area (Å²) in [6.45, 7) is 0.102. The summed E-state index contributed by atoms with van der Waals surface area (Å²) in [7, 11) is -4.65. The highest BCUT2D eigenvalue weighted by Crippen LogP contribution is 2.36. The minimum absolute atomic E-state index is 0.0496. The van der Waals surface area contributed by atoms with Gasteiger partial charge < -0.3 is 14.6 Å². The first-order valence-corrected chi connectivity index (χ1v) is 10.0. The predicted octanol–water partition coefficient (Wildman–Crippen LogP) is 3.79. The Balaban J connectivity index is 2.00. The van der Waals surface area contributed by atoms with Crippen molar-refractivity contribution < 1.29 is 32.3 Å². The van der Waals surface area contributed by atoms with Crippen LogP contribution in [0.15, 0.2) is 77.7 Å². The molecule has 0 heterocycles. The number of carbonyl (C=O) groups is 1. The lowest BCUT2D eigenvalue weighted by molar-refractivity contribution is 0.0690. The van der Waals surface area contributed by atoms with E-state index in [0.29, 0.717) is 0 Å². The molecule has 3 rings (SSSR count). The summed E-state index contributed by atoms with van der Waals surface area (Å²) in [5, 5.41) is 9.55. The van der Waals surface area contributed by atoms with Gasteiger partial charge in [-0.05, 0) is 17.2 Å². The lowest BCUT2D eigenvalue weighted by Gasteiger charge is -2.16. The number of aromatic carboxylic acids is 1. The van der Waals surface area contributed by atoms with Crippen LogP contribution in [-0.4, -0.2) is 24.0 Å². The number of carboxylic acid groups (broad SMARTS) is 1. The smallest absolute Gasteiger partial charge is 0.339 e. The van der Waals surface area contributed by atoms with E-state index in [0.717, 1.165) is 23.3 Å². The maximum absolute atomic E-state index is 11.7. The number of rotatable bonds is 8. The SMILES string of the molecule is O=C(O)c1cc(S(=O)(=O)O)cc(OCc2ccccc2)c1OCc1ccccc1. The molecule has 0 radical (unpaired) electrons. The second-order valence-corrected chi connectivity index (χ2v) is 7.55. The zero-order chi connectivity index (χ0) is 20.9. The maximum atomic E-state index is 11.7. The van der Waals surface area contributed by atoms with Crippen LogP contribution in [0, 0.1) is 0 Å². The normalized spacial score (nSPS) is 11.1. The van der Waals surface area contributed by atoms with Crippen LogP contribution in [0.2, 0.25) is 0 Å². The van der Waals surface area contributed by atoms with Gasteiger partial charge in [0.05, 0.1) is 4.90 Å². The van der Waals surface area contributed by atoms with Gasteiger partial charge in [-0.15, -0.1) is 0 Å². The number of hydrogen-bond donors (Lipinski definition) is 2. The number of benzene rings is 3. The third-order valence-electron chi connectivity index (χ3n) is 4.02. The first-order valence-electron chi connectivity index (χ1n) is 8.57. The summed E-state index contributed by atoms with van der Waals surface area (Å²) in [6, 6.07) is 20.0. The van der Waals surface area contributed by atoms with Gasteiger partial charge in [0, 0.05) is 6.07 Å². The predicted molar refractivity (Wildman–Crippen MR) is 105 cm³/mol. The van der Waals surface area contributed by atoms with Crippen molar-refractivity contribution in [2.75, 3.05) is 0 Å². The van der Waals surface area contributed by atoms with E-state index < -0.39 is 26.5 Å². The van der Waals surface area contributed by atoms with Crippen LogP contribution in [0.4, 0.5) is 0 Å². The molecule has 3 aromatic rings. The van der Waals surface area contributed by atoms with Crippen molar-refractivity contribution in [3.05, 3.63) is 89.5 Å². The first-order chi connectivity index (χ1) is 13.8. The van der Waals surface area contributed by atoms with Crippen LogP contribution in [0.5, 0.6) is 11.5 Å². The Kier molecular flexibility index (Phi) is 6.16. The van der Waals surface area contributed by atoms with Gasteiger partial charge in [0.25, 0.3) is 10.1 Å². The van der Waals surface area contributed by atoms with Gasteiger partial charge in [-0.25, -0.2) is 4.79 Å². The van der Waals surface area contributed by atoms with Crippen molar-refractivity contribution in [2.24, 2.45) is 0 Å². The number of hydrogen-bond acceptors (Lipinski definition) is 5. The molecule has 0 aliphatic carbocycles. The van der Waals surface area contributed by atoms with E-state index in [4.69, 9.17) is 9.47 Å². The zero-order valence-corrected chi connectivity index (χ0v) is 16.0. The lowest BCUT2D eigenvalue weighted by Crippen LogP contribution is -2.09. The van der Waals surface area contributed by atoms with Crippen LogP contribution >= 0.6 is 0 Å². The molecule has 7 nitrogen and oxygen atoms in total. The van der Waals surface area contributed by atoms with Crippen molar-refractivity contribution in [3.63, 3.8) is 0 Å². The van der Waals surface area contributed by atoms with Crippen molar-refractivity contribution in [1.29, 1.82) is 0 Å².